The first-order valence-electron chi connectivity index (χ1n) is 9.20. The van der Waals surface area contributed by atoms with Crippen molar-refractivity contribution in [3.63, 3.8) is 0 Å². The van der Waals surface area contributed by atoms with E-state index in [1.807, 2.05) is 49.4 Å². The molecule has 6 nitrogen and oxygen atoms in total. The molecule has 0 fully saturated rings. The van der Waals surface area contributed by atoms with E-state index in [-0.39, 0.29) is 23.7 Å². The lowest BCUT2D eigenvalue weighted by molar-refractivity contribution is 0.0947. The molecule has 1 atom stereocenters. The van der Waals surface area contributed by atoms with Gasteiger partial charge in [0.15, 0.2) is 0 Å². The van der Waals surface area contributed by atoms with Gasteiger partial charge >= 0.3 is 0 Å². The molecule has 3 N–H and O–H groups in total. The molecule has 0 saturated carbocycles. The molecule has 1 amide bonds. The van der Waals surface area contributed by atoms with Crippen molar-refractivity contribution in [2.45, 2.75) is 33.0 Å². The summed E-state index contributed by atoms with van der Waals surface area (Å²) in [6.45, 7) is 4.34. The van der Waals surface area contributed by atoms with E-state index in [0.29, 0.717) is 17.8 Å². The van der Waals surface area contributed by atoms with Crippen molar-refractivity contribution in [3.8, 4) is 0 Å². The fourth-order valence-corrected chi connectivity index (χ4v) is 3.13. The third kappa shape index (κ3) is 4.18. The second-order valence-corrected chi connectivity index (χ2v) is 6.72. The van der Waals surface area contributed by atoms with E-state index < -0.39 is 5.91 Å². The van der Waals surface area contributed by atoms with Gasteiger partial charge in [-0.15, -0.1) is 0 Å². The van der Waals surface area contributed by atoms with Gasteiger partial charge in [-0.25, -0.2) is 0 Å². The molecule has 0 aliphatic heterocycles. The van der Waals surface area contributed by atoms with Gasteiger partial charge in [0.25, 0.3) is 11.5 Å². The highest BCUT2D eigenvalue weighted by Gasteiger charge is 2.18. The van der Waals surface area contributed by atoms with Crippen LogP contribution in [0.15, 0.2) is 65.7 Å². The van der Waals surface area contributed by atoms with Gasteiger partial charge in [-0.2, -0.15) is 0 Å². The second kappa shape index (κ2) is 8.63. The van der Waals surface area contributed by atoms with Gasteiger partial charge in [0.05, 0.1) is 18.3 Å². The molecule has 1 aromatic carbocycles. The van der Waals surface area contributed by atoms with Crippen molar-refractivity contribution in [2.75, 3.05) is 0 Å². The Kier molecular flexibility index (Phi) is 6.01. The van der Waals surface area contributed by atoms with Crippen LogP contribution in [0.1, 0.15) is 45.7 Å². The van der Waals surface area contributed by atoms with Crippen molar-refractivity contribution in [1.82, 2.24) is 14.9 Å². The van der Waals surface area contributed by atoms with E-state index in [4.69, 9.17) is 5.73 Å². The average Bonchev–Trinajstić information content (AvgIpc) is 2.72. The quantitative estimate of drug-likeness (QED) is 0.692. The van der Waals surface area contributed by atoms with Gasteiger partial charge in [0, 0.05) is 18.9 Å². The number of pyridine rings is 2. The van der Waals surface area contributed by atoms with Crippen molar-refractivity contribution in [3.05, 3.63) is 99.2 Å². The minimum atomic E-state index is -0.405. The van der Waals surface area contributed by atoms with Gasteiger partial charge in [-0.1, -0.05) is 30.3 Å². The zero-order chi connectivity index (χ0) is 20.1. The van der Waals surface area contributed by atoms with Crippen LogP contribution in [-0.2, 0) is 13.1 Å². The number of aromatic nitrogens is 2. The molecule has 2 heterocycles. The summed E-state index contributed by atoms with van der Waals surface area (Å²) < 4.78 is 1.59. The molecule has 0 aliphatic carbocycles. The summed E-state index contributed by atoms with van der Waals surface area (Å²) in [5, 5.41) is 2.80. The van der Waals surface area contributed by atoms with Crippen molar-refractivity contribution in [1.29, 1.82) is 0 Å². The van der Waals surface area contributed by atoms with Gasteiger partial charge in [0.1, 0.15) is 5.56 Å². The number of nitrogens with two attached hydrogens (primary N) is 1. The van der Waals surface area contributed by atoms with Crippen molar-refractivity contribution < 1.29 is 4.79 Å². The molecule has 28 heavy (non-hydrogen) atoms. The van der Waals surface area contributed by atoms with Crippen LogP contribution in [0.25, 0.3) is 0 Å². The predicted molar refractivity (Wildman–Crippen MR) is 109 cm³/mol. The normalized spacial score (nSPS) is 11.8. The van der Waals surface area contributed by atoms with E-state index in [1.54, 1.807) is 30.0 Å². The van der Waals surface area contributed by atoms with Crippen molar-refractivity contribution in [2.24, 2.45) is 5.73 Å². The maximum absolute atomic E-state index is 13.0. The first-order valence-corrected chi connectivity index (χ1v) is 9.20. The molecule has 3 rings (SSSR count). The number of benzene rings is 1. The molecule has 2 aromatic heterocycles. The van der Waals surface area contributed by atoms with E-state index in [9.17, 15) is 9.59 Å². The lowest BCUT2D eigenvalue weighted by atomic mass is 10.1. The standard InChI is InChI=1S/C22H24N4O2/c1-15-9-11-26(16(2)18-6-4-3-5-7-18)22(28)20(15)21(27)25-14-19-12-17(13-23)8-10-24-19/h3-12,16H,13-14,23H2,1-2H3,(H,25,27). The lowest BCUT2D eigenvalue weighted by Crippen LogP contribution is -2.35. The van der Waals surface area contributed by atoms with Crippen LogP contribution in [0.5, 0.6) is 0 Å². The zero-order valence-electron chi connectivity index (χ0n) is 16.1. The van der Waals surface area contributed by atoms with Gasteiger partial charge < -0.3 is 15.6 Å². The van der Waals surface area contributed by atoms with Gasteiger partial charge in [0.2, 0.25) is 0 Å². The van der Waals surface area contributed by atoms with Gasteiger partial charge in [-0.05, 0) is 48.7 Å². The molecular weight excluding hydrogens is 352 g/mol. The first kappa shape index (κ1) is 19.5. The SMILES string of the molecule is Cc1ccn(C(C)c2ccccc2)c(=O)c1C(=O)NCc1cc(CN)ccn1. The van der Waals surface area contributed by atoms with E-state index in [0.717, 1.165) is 11.1 Å². The number of rotatable bonds is 6. The summed E-state index contributed by atoms with van der Waals surface area (Å²) in [6, 6.07) is 15.0. The average molecular weight is 376 g/mol. The Morgan fingerprint density at radius 1 is 1.21 bits per heavy atom. The Balaban J connectivity index is 1.85. The summed E-state index contributed by atoms with van der Waals surface area (Å²) in [4.78, 5) is 30.0. The molecular formula is C22H24N4O2. The minimum Gasteiger partial charge on any atom is -0.346 e. The number of nitrogens with one attached hydrogen (secondary N) is 1. The van der Waals surface area contributed by atoms with E-state index in [1.165, 1.54) is 0 Å². The highest BCUT2D eigenvalue weighted by atomic mass is 16.2. The van der Waals surface area contributed by atoms with Crippen LogP contribution in [0, 0.1) is 6.92 Å². The summed E-state index contributed by atoms with van der Waals surface area (Å²) in [6.07, 6.45) is 3.39. The minimum absolute atomic E-state index is 0.153. The predicted octanol–water partition coefficient (Wildman–Crippen LogP) is 2.55. The van der Waals surface area contributed by atoms with Gasteiger partial charge in [-0.3, -0.25) is 14.6 Å². The number of hydrogen-bond donors (Lipinski definition) is 2. The number of aryl methyl sites for hydroxylation is 1. The number of hydrogen-bond acceptors (Lipinski definition) is 4. The third-order valence-corrected chi connectivity index (χ3v) is 4.80. The highest BCUT2D eigenvalue weighted by molar-refractivity contribution is 5.95. The second-order valence-electron chi connectivity index (χ2n) is 6.72. The summed E-state index contributed by atoms with van der Waals surface area (Å²) in [7, 11) is 0. The molecule has 0 bridgehead atoms. The third-order valence-electron chi connectivity index (χ3n) is 4.80. The Bertz CT molecular complexity index is 1030. The fourth-order valence-electron chi connectivity index (χ4n) is 3.13. The Morgan fingerprint density at radius 2 is 1.96 bits per heavy atom. The molecule has 0 spiro atoms. The molecule has 1 unspecified atom stereocenters. The fraction of sp³-hybridized carbons (Fsp3) is 0.227. The molecule has 6 heteroatoms. The Labute approximate surface area is 164 Å². The first-order chi connectivity index (χ1) is 13.5. The number of carbonyl (C=O) groups is 1. The summed E-state index contributed by atoms with van der Waals surface area (Å²) in [5.41, 5.74) is 8.76. The molecule has 0 aliphatic rings. The monoisotopic (exact) mass is 376 g/mol. The lowest BCUT2D eigenvalue weighted by Gasteiger charge is -2.17. The number of nitrogens with zero attached hydrogens (tertiary/aromatic N) is 2. The van der Waals surface area contributed by atoms with Crippen LogP contribution >= 0.6 is 0 Å². The molecule has 0 saturated heterocycles. The van der Waals surface area contributed by atoms with Crippen LogP contribution in [0.3, 0.4) is 0 Å². The smallest absolute Gasteiger partial charge is 0.264 e. The van der Waals surface area contributed by atoms with Crippen molar-refractivity contribution >= 4 is 5.91 Å². The van der Waals surface area contributed by atoms with Crippen LogP contribution in [0.2, 0.25) is 0 Å². The summed E-state index contributed by atoms with van der Waals surface area (Å²) in [5.74, 6) is -0.405. The van der Waals surface area contributed by atoms with Crippen LogP contribution in [0.4, 0.5) is 0 Å². The molecule has 3 aromatic rings. The number of carbonyl (C=O) groups excluding carboxylic acids is 1. The van der Waals surface area contributed by atoms with E-state index in [2.05, 4.69) is 10.3 Å². The highest BCUT2D eigenvalue weighted by Crippen LogP contribution is 2.16. The van der Waals surface area contributed by atoms with E-state index >= 15 is 0 Å². The van der Waals surface area contributed by atoms with Crippen LogP contribution in [-0.4, -0.2) is 15.5 Å². The topological polar surface area (TPSA) is 90.0 Å². The molecule has 144 valence electrons. The summed E-state index contributed by atoms with van der Waals surface area (Å²) >= 11 is 0. The zero-order valence-corrected chi connectivity index (χ0v) is 16.1. The Morgan fingerprint density at radius 3 is 2.68 bits per heavy atom. The maximum atomic E-state index is 13.0. The Hall–Kier alpha value is -3.25. The van der Waals surface area contributed by atoms with Crippen LogP contribution < -0.4 is 16.6 Å². The maximum Gasteiger partial charge on any atom is 0.264 e. The molecule has 0 radical (unpaired) electrons. The largest absolute Gasteiger partial charge is 0.346 e. The number of amides is 1.